The third-order valence-electron chi connectivity index (χ3n) is 4.46. The number of rotatable bonds is 7. The number of methoxy groups -OCH3 is 1. The molecule has 0 aliphatic carbocycles. The molecule has 0 fully saturated rings. The van der Waals surface area contributed by atoms with Crippen LogP contribution in [0.25, 0.3) is 11.0 Å². The molecule has 0 bridgehead atoms. The molecule has 3 N–H and O–H groups in total. The van der Waals surface area contributed by atoms with E-state index in [1.54, 1.807) is 0 Å². The summed E-state index contributed by atoms with van der Waals surface area (Å²) in [5.74, 6) is -2.71. The van der Waals surface area contributed by atoms with Crippen molar-refractivity contribution in [3.05, 3.63) is 53.4 Å². The lowest BCUT2D eigenvalue weighted by molar-refractivity contribution is 0.0603. The molecule has 2 aromatic heterocycles. The topological polar surface area (TPSA) is 96.1 Å². The number of hydrogen-bond donors (Lipinski definition) is 3. The van der Waals surface area contributed by atoms with Crippen LogP contribution in [-0.4, -0.2) is 40.1 Å². The van der Waals surface area contributed by atoms with Crippen molar-refractivity contribution in [2.45, 2.75) is 20.3 Å². The average Bonchev–Trinajstić information content (AvgIpc) is 3.18. The lowest BCUT2D eigenvalue weighted by atomic mass is 10.1. The first-order valence-electron chi connectivity index (χ1n) is 9.50. The second-order valence-electron chi connectivity index (χ2n) is 6.52. The van der Waals surface area contributed by atoms with E-state index in [2.05, 4.69) is 20.0 Å². The molecule has 1 aromatic carbocycles. The highest BCUT2D eigenvalue weighted by molar-refractivity contribution is 8.16. The Kier molecular flexibility index (Phi) is 7.01. The molecule has 0 aliphatic heterocycles. The maximum Gasteiger partial charge on any atom is 0.340 e. The van der Waals surface area contributed by atoms with Crippen molar-refractivity contribution in [3.63, 3.8) is 0 Å². The number of halogens is 2. The third-order valence-corrected chi connectivity index (χ3v) is 6.36. The smallest absolute Gasteiger partial charge is 0.340 e. The number of anilines is 2. The zero-order valence-electron chi connectivity index (χ0n) is 17.2. The fourth-order valence-corrected chi connectivity index (χ4v) is 4.31. The average molecular weight is 448 g/mol. The highest BCUT2D eigenvalue weighted by Gasteiger charge is 2.22. The molecule has 3 aromatic rings. The Balaban J connectivity index is 1.91. The number of aromatic amines is 1. The van der Waals surface area contributed by atoms with Gasteiger partial charge in [0.1, 0.15) is 17.0 Å². The van der Waals surface area contributed by atoms with Gasteiger partial charge in [0.25, 0.3) is 5.91 Å². The molecule has 0 saturated carbocycles. The number of H-pyrrole nitrogens is 1. The van der Waals surface area contributed by atoms with Crippen molar-refractivity contribution >= 4 is 50.3 Å². The number of nitrogens with one attached hydrogen (secondary N) is 3. The van der Waals surface area contributed by atoms with Crippen LogP contribution in [0.15, 0.2) is 30.6 Å². The van der Waals surface area contributed by atoms with E-state index in [4.69, 9.17) is 4.74 Å². The van der Waals surface area contributed by atoms with Gasteiger partial charge in [-0.2, -0.15) is 0 Å². The first-order valence-corrected chi connectivity index (χ1v) is 11.0. The molecule has 31 heavy (non-hydrogen) atoms. The monoisotopic (exact) mass is 448 g/mol. The molecular formula is C21H22F2N4O3S. The summed E-state index contributed by atoms with van der Waals surface area (Å²) in [6.45, 7) is 3.86. The number of nitrogens with zero attached hydrogens (tertiary/aromatic N) is 1. The molecule has 3 rings (SSSR count). The summed E-state index contributed by atoms with van der Waals surface area (Å²) in [6, 6.07) is 3.80. The zero-order chi connectivity index (χ0) is 22.5. The van der Waals surface area contributed by atoms with Gasteiger partial charge in [-0.05, 0) is 36.9 Å². The molecule has 1 unspecified atom stereocenters. The summed E-state index contributed by atoms with van der Waals surface area (Å²) in [7, 11) is 0.840. The number of carbonyl (C=O) groups is 2. The Bertz CT molecular complexity index is 1180. The lowest BCUT2D eigenvalue weighted by Gasteiger charge is -2.14. The zero-order valence-corrected chi connectivity index (χ0v) is 18.0. The number of amides is 1. The normalized spacial score (nSPS) is 12.0. The minimum atomic E-state index is -0.984. The molecule has 1 atom stereocenters. The van der Waals surface area contributed by atoms with Gasteiger partial charge < -0.3 is 19.8 Å². The van der Waals surface area contributed by atoms with Crippen LogP contribution >= 0.6 is 10.7 Å². The van der Waals surface area contributed by atoms with Crippen molar-refractivity contribution in [1.29, 1.82) is 0 Å². The first-order chi connectivity index (χ1) is 14.9. The standard InChI is InChI=1S/C21H22F2N4O3S/c1-4-8-31(5-2)27-16-7-6-15(22)17(18(16)23)20(28)26-12-9-13-14(21(29)30-3)11-25-19(13)24-10-12/h5-7,9-11,27H,4,8H2,1-3H3,(H,24,25)(H,26,28). The molecule has 1 amide bonds. The van der Waals surface area contributed by atoms with E-state index in [-0.39, 0.29) is 16.9 Å². The van der Waals surface area contributed by atoms with Crippen LogP contribution in [0.5, 0.6) is 0 Å². The molecule has 164 valence electrons. The van der Waals surface area contributed by atoms with Gasteiger partial charge in [-0.25, -0.2) is 18.6 Å². The highest BCUT2D eigenvalue weighted by Crippen LogP contribution is 2.27. The van der Waals surface area contributed by atoms with Crippen molar-refractivity contribution in [2.75, 3.05) is 22.9 Å². The van der Waals surface area contributed by atoms with Gasteiger partial charge in [-0.1, -0.05) is 6.92 Å². The lowest BCUT2D eigenvalue weighted by Crippen LogP contribution is -2.17. The number of ether oxygens (including phenoxy) is 1. The van der Waals surface area contributed by atoms with Crippen LogP contribution in [0.3, 0.4) is 0 Å². The fourth-order valence-electron chi connectivity index (χ4n) is 2.97. The van der Waals surface area contributed by atoms with Gasteiger partial charge in [-0.15, -0.1) is 10.7 Å². The summed E-state index contributed by atoms with van der Waals surface area (Å²) in [4.78, 5) is 31.5. The van der Waals surface area contributed by atoms with Gasteiger partial charge in [0.2, 0.25) is 0 Å². The predicted octanol–water partition coefficient (Wildman–Crippen LogP) is 4.71. The fraction of sp³-hybridized carbons (Fsp3) is 0.238. The van der Waals surface area contributed by atoms with E-state index in [1.807, 2.05) is 19.2 Å². The van der Waals surface area contributed by atoms with E-state index < -0.39 is 39.7 Å². The minimum Gasteiger partial charge on any atom is -0.465 e. The first kappa shape index (κ1) is 22.4. The number of benzene rings is 1. The number of pyridine rings is 1. The van der Waals surface area contributed by atoms with E-state index in [0.717, 1.165) is 18.2 Å². The minimum absolute atomic E-state index is 0.0497. The largest absolute Gasteiger partial charge is 0.465 e. The number of hydrogen-bond acceptors (Lipinski definition) is 5. The summed E-state index contributed by atoms with van der Waals surface area (Å²) in [5.41, 5.74) is 0.147. The summed E-state index contributed by atoms with van der Waals surface area (Å²) >= 11 is 0. The van der Waals surface area contributed by atoms with Crippen LogP contribution in [0.4, 0.5) is 20.2 Å². The van der Waals surface area contributed by atoms with E-state index in [9.17, 15) is 18.4 Å². The number of aromatic nitrogens is 2. The number of fused-ring (bicyclic) bond motifs is 1. The van der Waals surface area contributed by atoms with Gasteiger partial charge >= 0.3 is 5.97 Å². The maximum atomic E-state index is 15.0. The summed E-state index contributed by atoms with van der Waals surface area (Å²) < 4.78 is 37.1. The summed E-state index contributed by atoms with van der Waals surface area (Å²) in [5, 5.41) is 4.76. The Hall–Kier alpha value is -3.27. The van der Waals surface area contributed by atoms with E-state index in [1.165, 1.54) is 31.6 Å². The van der Waals surface area contributed by atoms with Crippen molar-refractivity contribution < 1.29 is 23.1 Å². The van der Waals surface area contributed by atoms with Gasteiger partial charge in [0.15, 0.2) is 5.82 Å². The maximum absolute atomic E-state index is 15.0. The Morgan fingerprint density at radius 1 is 1.32 bits per heavy atom. The van der Waals surface area contributed by atoms with Gasteiger partial charge in [-0.3, -0.25) is 4.79 Å². The molecular weight excluding hydrogens is 426 g/mol. The predicted molar refractivity (Wildman–Crippen MR) is 120 cm³/mol. The molecule has 0 aliphatic rings. The van der Waals surface area contributed by atoms with Crippen molar-refractivity contribution in [1.82, 2.24) is 9.97 Å². The van der Waals surface area contributed by atoms with Crippen molar-refractivity contribution in [2.24, 2.45) is 0 Å². The molecule has 0 saturated heterocycles. The van der Waals surface area contributed by atoms with Gasteiger partial charge in [0.05, 0.1) is 30.2 Å². The van der Waals surface area contributed by atoms with Crippen LogP contribution in [-0.2, 0) is 4.74 Å². The Morgan fingerprint density at radius 2 is 2.10 bits per heavy atom. The molecule has 7 nitrogen and oxygen atoms in total. The van der Waals surface area contributed by atoms with E-state index in [0.29, 0.717) is 11.0 Å². The Morgan fingerprint density at radius 3 is 2.77 bits per heavy atom. The van der Waals surface area contributed by atoms with Crippen LogP contribution < -0.4 is 10.0 Å². The second kappa shape index (κ2) is 9.69. The molecule has 0 spiro atoms. The highest BCUT2D eigenvalue weighted by atomic mass is 32.2. The van der Waals surface area contributed by atoms with E-state index >= 15 is 0 Å². The van der Waals surface area contributed by atoms with Gasteiger partial charge in [0, 0.05) is 17.3 Å². The third kappa shape index (κ3) is 4.74. The van der Waals surface area contributed by atoms with Crippen molar-refractivity contribution in [3.8, 4) is 0 Å². The van der Waals surface area contributed by atoms with Crippen LogP contribution in [0.2, 0.25) is 0 Å². The molecule has 10 heteroatoms. The van der Waals surface area contributed by atoms with Crippen LogP contribution in [0, 0.1) is 11.6 Å². The number of esters is 1. The number of carbonyl (C=O) groups excluding carboxylic acids is 2. The SMILES string of the molecule is C/C=S(\CCC)Nc1ccc(F)c(C(=O)Nc2cnc3[nH]cc(C(=O)OC)c3c2)c1F. The molecule has 2 heterocycles. The van der Waals surface area contributed by atoms with Crippen LogP contribution in [0.1, 0.15) is 41.0 Å². The second-order valence-corrected chi connectivity index (χ2v) is 8.46. The Labute approximate surface area is 180 Å². The summed E-state index contributed by atoms with van der Waals surface area (Å²) in [6.07, 6.45) is 3.64. The molecule has 0 radical (unpaired) electrons. The quantitative estimate of drug-likeness (QED) is 0.359.